The van der Waals surface area contributed by atoms with Crippen molar-refractivity contribution in [3.63, 3.8) is 0 Å². The number of hydrogen-bond donors (Lipinski definition) is 1. The van der Waals surface area contributed by atoms with E-state index in [2.05, 4.69) is 15.0 Å². The molecular weight excluding hydrogens is 244 g/mol. The molecular formula is C13H16N4O2. The average molecular weight is 260 g/mol. The fourth-order valence-electron chi connectivity index (χ4n) is 2.02. The highest BCUT2D eigenvalue weighted by molar-refractivity contribution is 5.67. The topological polar surface area (TPSA) is 80.9 Å². The Morgan fingerprint density at radius 3 is 2.42 bits per heavy atom. The summed E-state index contributed by atoms with van der Waals surface area (Å²) < 4.78 is 1.85. The van der Waals surface area contributed by atoms with Gasteiger partial charge in [0.1, 0.15) is 5.69 Å². The molecule has 1 N–H and O–H groups in total. The molecule has 19 heavy (non-hydrogen) atoms. The van der Waals surface area contributed by atoms with Crippen molar-refractivity contribution in [3.8, 4) is 11.5 Å². The van der Waals surface area contributed by atoms with Crippen LogP contribution >= 0.6 is 0 Å². The molecule has 0 bridgehead atoms. The van der Waals surface area contributed by atoms with Gasteiger partial charge in [-0.15, -0.1) is 0 Å². The van der Waals surface area contributed by atoms with Crippen molar-refractivity contribution in [3.05, 3.63) is 29.5 Å². The Morgan fingerprint density at radius 1 is 1.32 bits per heavy atom. The molecule has 0 atom stereocenters. The zero-order valence-corrected chi connectivity index (χ0v) is 11.2. The Bertz CT molecular complexity index is 596. The minimum Gasteiger partial charge on any atom is -0.481 e. The predicted molar refractivity (Wildman–Crippen MR) is 69.7 cm³/mol. The molecule has 0 aliphatic rings. The average Bonchev–Trinajstić information content (AvgIpc) is 2.73. The monoisotopic (exact) mass is 260 g/mol. The van der Waals surface area contributed by atoms with E-state index in [9.17, 15) is 4.79 Å². The summed E-state index contributed by atoms with van der Waals surface area (Å²) in [6.45, 7) is 3.76. The van der Waals surface area contributed by atoms with Gasteiger partial charge in [-0.2, -0.15) is 0 Å². The van der Waals surface area contributed by atoms with Crippen LogP contribution in [0, 0.1) is 13.8 Å². The molecule has 0 aliphatic heterocycles. The maximum atomic E-state index is 10.6. The van der Waals surface area contributed by atoms with Crippen molar-refractivity contribution in [2.45, 2.75) is 26.7 Å². The number of carbonyl (C=O) groups is 1. The summed E-state index contributed by atoms with van der Waals surface area (Å²) in [5.74, 6) is -0.191. The SMILES string of the molecule is Cc1nc(-c2cncn2C)nc(C)c1CCC(=O)O. The molecule has 0 aliphatic carbocycles. The lowest BCUT2D eigenvalue weighted by Crippen LogP contribution is -2.06. The third-order valence-electron chi connectivity index (χ3n) is 3.06. The smallest absolute Gasteiger partial charge is 0.303 e. The van der Waals surface area contributed by atoms with Crippen LogP contribution in [-0.2, 0) is 18.3 Å². The van der Waals surface area contributed by atoms with Crippen molar-refractivity contribution in [2.24, 2.45) is 7.05 Å². The van der Waals surface area contributed by atoms with Gasteiger partial charge in [0.2, 0.25) is 0 Å². The van der Waals surface area contributed by atoms with Gasteiger partial charge < -0.3 is 9.67 Å². The number of aliphatic carboxylic acids is 1. The lowest BCUT2D eigenvalue weighted by molar-refractivity contribution is -0.136. The number of nitrogens with zero attached hydrogens (tertiary/aromatic N) is 4. The van der Waals surface area contributed by atoms with Gasteiger partial charge in [-0.1, -0.05) is 0 Å². The molecule has 6 heteroatoms. The first-order chi connectivity index (χ1) is 8.99. The van der Waals surface area contributed by atoms with E-state index in [-0.39, 0.29) is 6.42 Å². The molecule has 0 aromatic carbocycles. The van der Waals surface area contributed by atoms with Gasteiger partial charge >= 0.3 is 5.97 Å². The van der Waals surface area contributed by atoms with Crippen LogP contribution < -0.4 is 0 Å². The molecule has 6 nitrogen and oxygen atoms in total. The van der Waals surface area contributed by atoms with Crippen molar-refractivity contribution in [2.75, 3.05) is 0 Å². The Labute approximate surface area is 111 Å². The summed E-state index contributed by atoms with van der Waals surface area (Å²) >= 11 is 0. The van der Waals surface area contributed by atoms with Crippen LogP contribution in [0.1, 0.15) is 23.4 Å². The largest absolute Gasteiger partial charge is 0.481 e. The van der Waals surface area contributed by atoms with Crippen LogP contribution in [0.15, 0.2) is 12.5 Å². The van der Waals surface area contributed by atoms with E-state index in [4.69, 9.17) is 5.11 Å². The van der Waals surface area contributed by atoms with Gasteiger partial charge in [-0.05, 0) is 25.8 Å². The fraction of sp³-hybridized carbons (Fsp3) is 0.385. The molecule has 0 radical (unpaired) electrons. The summed E-state index contributed by atoms with van der Waals surface area (Å²) in [5.41, 5.74) is 3.40. The second kappa shape index (κ2) is 5.17. The highest BCUT2D eigenvalue weighted by atomic mass is 16.4. The first kappa shape index (κ1) is 13.2. The van der Waals surface area contributed by atoms with Crippen molar-refractivity contribution >= 4 is 5.97 Å². The molecule has 100 valence electrons. The third-order valence-corrected chi connectivity index (χ3v) is 3.06. The summed E-state index contributed by atoms with van der Waals surface area (Å²) in [7, 11) is 1.88. The Kier molecular flexibility index (Phi) is 3.59. The van der Waals surface area contributed by atoms with Crippen molar-refractivity contribution < 1.29 is 9.90 Å². The standard InChI is InChI=1S/C13H16N4O2/c1-8-10(4-5-12(18)19)9(2)16-13(15-8)11-6-14-7-17(11)3/h6-7H,4-5H2,1-3H3,(H,18,19). The minimum absolute atomic E-state index is 0.0934. The number of rotatable bonds is 4. The second-order valence-corrected chi connectivity index (χ2v) is 4.48. The van der Waals surface area contributed by atoms with Gasteiger partial charge in [-0.3, -0.25) is 4.79 Å². The number of imidazole rings is 1. The van der Waals surface area contributed by atoms with Crippen LogP contribution in [0.3, 0.4) is 0 Å². The predicted octanol–water partition coefficient (Wildman–Crippen LogP) is 1.51. The normalized spacial score (nSPS) is 10.7. The summed E-state index contributed by atoms with van der Waals surface area (Å²) in [4.78, 5) is 23.6. The van der Waals surface area contributed by atoms with Gasteiger partial charge in [0.15, 0.2) is 5.82 Å². The Morgan fingerprint density at radius 2 is 1.95 bits per heavy atom. The van der Waals surface area contributed by atoms with Crippen LogP contribution in [-0.4, -0.2) is 30.6 Å². The van der Waals surface area contributed by atoms with Crippen LogP contribution in [0.4, 0.5) is 0 Å². The molecule has 0 spiro atoms. The van der Waals surface area contributed by atoms with Crippen molar-refractivity contribution in [1.82, 2.24) is 19.5 Å². The zero-order valence-electron chi connectivity index (χ0n) is 11.2. The number of carboxylic acids is 1. The number of hydrogen-bond acceptors (Lipinski definition) is 4. The van der Waals surface area contributed by atoms with Crippen LogP contribution in [0.2, 0.25) is 0 Å². The molecule has 0 fully saturated rings. The Balaban J connectivity index is 2.37. The van der Waals surface area contributed by atoms with Gasteiger partial charge in [0, 0.05) is 24.9 Å². The van der Waals surface area contributed by atoms with E-state index in [1.807, 2.05) is 25.5 Å². The summed E-state index contributed by atoms with van der Waals surface area (Å²) in [6.07, 6.45) is 3.96. The van der Waals surface area contributed by atoms with E-state index in [1.165, 1.54) is 0 Å². The quantitative estimate of drug-likeness (QED) is 0.901. The molecule has 2 heterocycles. The maximum absolute atomic E-state index is 10.6. The van der Waals surface area contributed by atoms with E-state index >= 15 is 0 Å². The lowest BCUT2D eigenvalue weighted by Gasteiger charge is -2.10. The van der Waals surface area contributed by atoms with E-state index < -0.39 is 5.97 Å². The molecule has 0 saturated heterocycles. The summed E-state index contributed by atoms with van der Waals surface area (Å²) in [6, 6.07) is 0. The van der Waals surface area contributed by atoms with Gasteiger partial charge in [0.25, 0.3) is 0 Å². The first-order valence-corrected chi connectivity index (χ1v) is 6.01. The molecule has 2 aromatic heterocycles. The van der Waals surface area contributed by atoms with Gasteiger partial charge in [-0.25, -0.2) is 15.0 Å². The zero-order chi connectivity index (χ0) is 14.0. The van der Waals surface area contributed by atoms with Crippen LogP contribution in [0.25, 0.3) is 11.5 Å². The number of aromatic nitrogens is 4. The molecule has 2 aromatic rings. The van der Waals surface area contributed by atoms with Crippen LogP contribution in [0.5, 0.6) is 0 Å². The maximum Gasteiger partial charge on any atom is 0.303 e. The Hall–Kier alpha value is -2.24. The highest BCUT2D eigenvalue weighted by Gasteiger charge is 2.13. The van der Waals surface area contributed by atoms with E-state index in [1.54, 1.807) is 12.5 Å². The molecule has 2 rings (SSSR count). The fourth-order valence-corrected chi connectivity index (χ4v) is 2.02. The van der Waals surface area contributed by atoms with Crippen molar-refractivity contribution in [1.29, 1.82) is 0 Å². The minimum atomic E-state index is -0.811. The van der Waals surface area contributed by atoms with Gasteiger partial charge in [0.05, 0.1) is 12.5 Å². The molecule has 0 amide bonds. The highest BCUT2D eigenvalue weighted by Crippen LogP contribution is 2.19. The van der Waals surface area contributed by atoms with E-state index in [0.717, 1.165) is 22.6 Å². The molecule has 0 unspecified atom stereocenters. The third kappa shape index (κ3) is 2.78. The first-order valence-electron chi connectivity index (χ1n) is 6.01. The van der Waals surface area contributed by atoms with E-state index in [0.29, 0.717) is 12.2 Å². The second-order valence-electron chi connectivity index (χ2n) is 4.48. The lowest BCUT2D eigenvalue weighted by atomic mass is 10.1. The number of aryl methyl sites for hydroxylation is 3. The summed E-state index contributed by atoms with van der Waals surface area (Å²) in [5, 5.41) is 8.75. The molecule has 0 saturated carbocycles. The number of carboxylic acid groups (broad SMARTS) is 1.